The topological polar surface area (TPSA) is 65.6 Å². The highest BCUT2D eigenvalue weighted by molar-refractivity contribution is 5.92. The zero-order valence-electron chi connectivity index (χ0n) is 14.0. The zero-order valence-corrected chi connectivity index (χ0v) is 14.0. The maximum Gasteiger partial charge on any atom is 0.410 e. The molecule has 23 heavy (non-hydrogen) atoms. The minimum absolute atomic E-state index is 0.00619. The fourth-order valence-corrected chi connectivity index (χ4v) is 3.51. The number of aromatic nitrogens is 1. The molecular weight excluding hydrogens is 294 g/mol. The summed E-state index contributed by atoms with van der Waals surface area (Å²) in [5, 5.41) is 0. The van der Waals surface area contributed by atoms with Gasteiger partial charge in [-0.1, -0.05) is 0 Å². The molecule has 2 saturated heterocycles. The second-order valence-electron chi connectivity index (χ2n) is 7.40. The lowest BCUT2D eigenvalue weighted by molar-refractivity contribution is 0.0151. The molecule has 2 fully saturated rings. The van der Waals surface area contributed by atoms with E-state index >= 15 is 0 Å². The molecule has 1 aromatic heterocycles. The largest absolute Gasteiger partial charge is 0.444 e. The highest BCUT2D eigenvalue weighted by Gasteiger charge is 2.42. The molecule has 6 nitrogen and oxygen atoms in total. The lowest BCUT2D eigenvalue weighted by atomic mass is 10.1. The maximum absolute atomic E-state index is 12.6. The number of H-pyrrole nitrogens is 1. The predicted molar refractivity (Wildman–Crippen MR) is 86.2 cm³/mol. The van der Waals surface area contributed by atoms with Crippen LogP contribution in [0, 0.1) is 0 Å². The number of fused-ring (bicyclic) bond motifs is 2. The highest BCUT2D eigenvalue weighted by Crippen LogP contribution is 2.32. The highest BCUT2D eigenvalue weighted by atomic mass is 16.6. The van der Waals surface area contributed by atoms with E-state index in [1.165, 1.54) is 0 Å². The third-order valence-corrected chi connectivity index (χ3v) is 4.50. The van der Waals surface area contributed by atoms with Gasteiger partial charge in [0.2, 0.25) is 0 Å². The zero-order chi connectivity index (χ0) is 16.6. The van der Waals surface area contributed by atoms with Crippen molar-refractivity contribution in [2.75, 3.05) is 13.1 Å². The Morgan fingerprint density at radius 3 is 2.61 bits per heavy atom. The molecule has 2 aliphatic heterocycles. The van der Waals surface area contributed by atoms with Gasteiger partial charge in [0.25, 0.3) is 5.91 Å². The Morgan fingerprint density at radius 2 is 1.96 bits per heavy atom. The fourth-order valence-electron chi connectivity index (χ4n) is 3.51. The molecule has 2 bridgehead atoms. The summed E-state index contributed by atoms with van der Waals surface area (Å²) in [4.78, 5) is 31.8. The summed E-state index contributed by atoms with van der Waals surface area (Å²) in [6.45, 7) is 6.90. The van der Waals surface area contributed by atoms with E-state index in [4.69, 9.17) is 4.74 Å². The summed E-state index contributed by atoms with van der Waals surface area (Å²) in [6, 6.07) is 3.84. The van der Waals surface area contributed by atoms with Crippen LogP contribution in [0.1, 0.15) is 50.5 Å². The minimum Gasteiger partial charge on any atom is -0.444 e. The number of aromatic amines is 1. The van der Waals surface area contributed by atoms with Crippen LogP contribution in [0.4, 0.5) is 4.79 Å². The second-order valence-corrected chi connectivity index (χ2v) is 7.40. The SMILES string of the molecule is CC(C)(C)OC(=O)N1C2CCC1CN(C(=O)c1ccc[nH]1)CC2. The quantitative estimate of drug-likeness (QED) is 0.865. The molecule has 2 atom stereocenters. The van der Waals surface area contributed by atoms with Crippen LogP contribution < -0.4 is 0 Å². The van der Waals surface area contributed by atoms with Gasteiger partial charge in [-0.25, -0.2) is 4.79 Å². The first kappa shape index (κ1) is 15.9. The van der Waals surface area contributed by atoms with Crippen molar-refractivity contribution in [1.29, 1.82) is 0 Å². The van der Waals surface area contributed by atoms with Gasteiger partial charge in [0, 0.05) is 25.3 Å². The Labute approximate surface area is 136 Å². The van der Waals surface area contributed by atoms with Gasteiger partial charge in [-0.05, 0) is 52.2 Å². The second kappa shape index (κ2) is 5.91. The number of hydrogen-bond acceptors (Lipinski definition) is 3. The van der Waals surface area contributed by atoms with E-state index in [-0.39, 0.29) is 24.1 Å². The molecule has 0 aromatic carbocycles. The first-order valence-corrected chi connectivity index (χ1v) is 8.29. The van der Waals surface area contributed by atoms with Crippen molar-refractivity contribution in [1.82, 2.24) is 14.8 Å². The van der Waals surface area contributed by atoms with Crippen molar-refractivity contribution in [3.05, 3.63) is 24.0 Å². The van der Waals surface area contributed by atoms with Crippen molar-refractivity contribution < 1.29 is 14.3 Å². The van der Waals surface area contributed by atoms with E-state index in [1.807, 2.05) is 36.6 Å². The average molecular weight is 319 g/mol. The van der Waals surface area contributed by atoms with Crippen LogP contribution >= 0.6 is 0 Å². The van der Waals surface area contributed by atoms with Crippen molar-refractivity contribution in [2.24, 2.45) is 0 Å². The normalized spacial score (nSPS) is 24.5. The Hall–Kier alpha value is -1.98. The lowest BCUT2D eigenvalue weighted by Crippen LogP contribution is -2.46. The Kier molecular flexibility index (Phi) is 4.08. The molecule has 3 heterocycles. The van der Waals surface area contributed by atoms with E-state index in [9.17, 15) is 9.59 Å². The monoisotopic (exact) mass is 319 g/mol. The van der Waals surface area contributed by atoms with Crippen LogP contribution in [0.5, 0.6) is 0 Å². The fraction of sp³-hybridized carbons (Fsp3) is 0.647. The molecule has 1 N–H and O–H groups in total. The van der Waals surface area contributed by atoms with Gasteiger partial charge in [0.1, 0.15) is 11.3 Å². The first-order chi connectivity index (χ1) is 10.8. The number of nitrogens with one attached hydrogen (secondary N) is 1. The van der Waals surface area contributed by atoms with Crippen molar-refractivity contribution in [3.8, 4) is 0 Å². The molecule has 0 radical (unpaired) electrons. The van der Waals surface area contributed by atoms with Crippen LogP contribution in [-0.2, 0) is 4.74 Å². The molecule has 2 unspecified atom stereocenters. The Balaban J connectivity index is 1.72. The molecule has 0 saturated carbocycles. The van der Waals surface area contributed by atoms with Crippen LogP contribution in [0.3, 0.4) is 0 Å². The summed E-state index contributed by atoms with van der Waals surface area (Å²) in [5.74, 6) is 0.00619. The molecule has 2 amide bonds. The summed E-state index contributed by atoms with van der Waals surface area (Å²) in [5.41, 5.74) is 0.106. The number of hydrogen-bond donors (Lipinski definition) is 1. The van der Waals surface area contributed by atoms with E-state index in [1.54, 1.807) is 12.3 Å². The summed E-state index contributed by atoms with van der Waals surface area (Å²) in [7, 11) is 0. The Bertz CT molecular complexity index is 576. The standard InChI is InChI=1S/C17H25N3O3/c1-17(2,3)23-16(22)20-12-6-7-13(20)11-19(10-8-12)15(21)14-5-4-9-18-14/h4-5,9,12-13,18H,6-8,10-11H2,1-3H3. The van der Waals surface area contributed by atoms with Crippen LogP contribution in [0.15, 0.2) is 18.3 Å². The number of rotatable bonds is 1. The first-order valence-electron chi connectivity index (χ1n) is 8.29. The summed E-state index contributed by atoms with van der Waals surface area (Å²) >= 11 is 0. The van der Waals surface area contributed by atoms with Gasteiger partial charge >= 0.3 is 6.09 Å². The third kappa shape index (κ3) is 3.35. The summed E-state index contributed by atoms with van der Waals surface area (Å²) in [6.07, 6.45) is 4.23. The minimum atomic E-state index is -0.497. The molecule has 6 heteroatoms. The molecule has 126 valence electrons. The number of nitrogens with zero attached hydrogens (tertiary/aromatic N) is 2. The molecule has 3 rings (SSSR count). The predicted octanol–water partition coefficient (Wildman–Crippen LogP) is 2.63. The number of amides is 2. The molecular formula is C17H25N3O3. The molecule has 2 aliphatic rings. The van der Waals surface area contributed by atoms with Crippen molar-refractivity contribution in [2.45, 2.75) is 57.7 Å². The van der Waals surface area contributed by atoms with Gasteiger partial charge in [0.05, 0.1) is 6.04 Å². The average Bonchev–Trinajstić information content (AvgIpc) is 3.03. The lowest BCUT2D eigenvalue weighted by Gasteiger charge is -2.31. The van der Waals surface area contributed by atoms with E-state index in [2.05, 4.69) is 4.98 Å². The van der Waals surface area contributed by atoms with E-state index in [0.29, 0.717) is 18.8 Å². The van der Waals surface area contributed by atoms with Crippen molar-refractivity contribution >= 4 is 12.0 Å². The number of ether oxygens (including phenoxy) is 1. The number of likely N-dealkylation sites (tertiary alicyclic amines) is 1. The van der Waals surface area contributed by atoms with E-state index in [0.717, 1.165) is 19.3 Å². The van der Waals surface area contributed by atoms with Crippen molar-refractivity contribution in [3.63, 3.8) is 0 Å². The van der Waals surface area contributed by atoms with Gasteiger partial charge in [-0.2, -0.15) is 0 Å². The smallest absolute Gasteiger partial charge is 0.410 e. The van der Waals surface area contributed by atoms with Gasteiger partial charge < -0.3 is 19.5 Å². The molecule has 1 aromatic rings. The van der Waals surface area contributed by atoms with Crippen LogP contribution in [0.25, 0.3) is 0 Å². The third-order valence-electron chi connectivity index (χ3n) is 4.50. The Morgan fingerprint density at radius 1 is 1.22 bits per heavy atom. The van der Waals surface area contributed by atoms with Gasteiger partial charge in [-0.3, -0.25) is 4.79 Å². The maximum atomic E-state index is 12.6. The number of carbonyl (C=O) groups is 2. The van der Waals surface area contributed by atoms with Crippen LogP contribution in [-0.4, -0.2) is 57.6 Å². The summed E-state index contributed by atoms with van der Waals surface area (Å²) < 4.78 is 5.56. The van der Waals surface area contributed by atoms with Crippen LogP contribution in [0.2, 0.25) is 0 Å². The molecule has 0 aliphatic carbocycles. The van der Waals surface area contributed by atoms with E-state index < -0.39 is 5.60 Å². The van der Waals surface area contributed by atoms with Gasteiger partial charge in [-0.15, -0.1) is 0 Å². The number of carbonyl (C=O) groups excluding carboxylic acids is 2. The molecule has 0 spiro atoms. The van der Waals surface area contributed by atoms with Gasteiger partial charge in [0.15, 0.2) is 0 Å².